The molecule has 0 unspecified atom stereocenters. The molecule has 0 bridgehead atoms. The largest absolute Gasteiger partial charge is 0.462 e. The number of carbonyl (C=O) groups excluding carboxylic acids is 2. The first-order valence-corrected chi connectivity index (χ1v) is 12.0. The lowest BCUT2D eigenvalue weighted by Gasteiger charge is -2.08. The van der Waals surface area contributed by atoms with E-state index < -0.39 is 11.9 Å². The minimum atomic E-state index is -0.658. The first-order valence-electron chi connectivity index (χ1n) is 12.0. The van der Waals surface area contributed by atoms with E-state index in [1.54, 1.807) is 19.9 Å². The van der Waals surface area contributed by atoms with Gasteiger partial charge in [0.1, 0.15) is 5.57 Å². The first kappa shape index (κ1) is 26.7. The number of rotatable bonds is 16. The highest BCUT2D eigenvalue weighted by Gasteiger charge is 2.21. The van der Waals surface area contributed by atoms with Gasteiger partial charge in [-0.2, -0.15) is 0 Å². The summed E-state index contributed by atoms with van der Waals surface area (Å²) < 4.78 is 10.1. The number of esters is 2. The van der Waals surface area contributed by atoms with Gasteiger partial charge >= 0.3 is 11.9 Å². The predicted molar refractivity (Wildman–Crippen MR) is 129 cm³/mol. The summed E-state index contributed by atoms with van der Waals surface area (Å²) in [5, 5.41) is 0. The van der Waals surface area contributed by atoms with Crippen molar-refractivity contribution in [3.63, 3.8) is 0 Å². The molecular weight excluding hydrogens is 388 g/mol. The molecule has 0 saturated heterocycles. The van der Waals surface area contributed by atoms with Gasteiger partial charge in [0, 0.05) is 0 Å². The number of unbranched alkanes of at least 4 members (excludes halogenated alkanes) is 9. The van der Waals surface area contributed by atoms with E-state index in [0.717, 1.165) is 17.5 Å². The molecule has 0 aliphatic heterocycles. The van der Waals surface area contributed by atoms with Crippen LogP contribution in [0.5, 0.6) is 0 Å². The summed E-state index contributed by atoms with van der Waals surface area (Å²) in [6.45, 7) is 6.08. The fourth-order valence-electron chi connectivity index (χ4n) is 3.35. The van der Waals surface area contributed by atoms with Crippen molar-refractivity contribution < 1.29 is 19.1 Å². The quantitative estimate of drug-likeness (QED) is 0.0924. The van der Waals surface area contributed by atoms with Gasteiger partial charge in [0.15, 0.2) is 0 Å². The third-order valence-electron chi connectivity index (χ3n) is 5.06. The molecule has 0 aromatic heterocycles. The van der Waals surface area contributed by atoms with Crippen LogP contribution >= 0.6 is 0 Å². The molecule has 4 heteroatoms. The van der Waals surface area contributed by atoms with Crippen LogP contribution in [0.4, 0.5) is 0 Å². The second-order valence-corrected chi connectivity index (χ2v) is 7.65. The topological polar surface area (TPSA) is 52.6 Å². The molecule has 0 amide bonds. The lowest BCUT2D eigenvalue weighted by Crippen LogP contribution is -2.18. The summed E-state index contributed by atoms with van der Waals surface area (Å²) in [6.07, 6.45) is 18.7. The van der Waals surface area contributed by atoms with Gasteiger partial charge in [-0.3, -0.25) is 0 Å². The molecule has 1 aromatic carbocycles. The number of hydrogen-bond acceptors (Lipinski definition) is 4. The third-order valence-corrected chi connectivity index (χ3v) is 5.06. The molecule has 0 radical (unpaired) electrons. The molecule has 0 heterocycles. The van der Waals surface area contributed by atoms with E-state index in [2.05, 4.69) is 19.1 Å². The summed E-state index contributed by atoms with van der Waals surface area (Å²) in [4.78, 5) is 24.4. The predicted octanol–water partition coefficient (Wildman–Crippen LogP) is 7.13. The number of allylic oxidation sites excluding steroid dienone is 1. The summed E-state index contributed by atoms with van der Waals surface area (Å²) >= 11 is 0. The van der Waals surface area contributed by atoms with Gasteiger partial charge in [-0.25, -0.2) is 9.59 Å². The van der Waals surface area contributed by atoms with Crippen LogP contribution in [0.25, 0.3) is 12.2 Å². The molecule has 4 nitrogen and oxygen atoms in total. The van der Waals surface area contributed by atoms with Crippen molar-refractivity contribution in [2.24, 2.45) is 0 Å². The Balaban J connectivity index is 2.62. The molecular formula is C27H40O4. The maximum absolute atomic E-state index is 12.2. The van der Waals surface area contributed by atoms with Gasteiger partial charge in [-0.1, -0.05) is 94.7 Å². The van der Waals surface area contributed by atoms with Crippen LogP contribution in [0, 0.1) is 0 Å². The summed E-state index contributed by atoms with van der Waals surface area (Å²) in [7, 11) is 0. The first-order chi connectivity index (χ1) is 15.1. The van der Waals surface area contributed by atoms with E-state index in [0.29, 0.717) is 0 Å². The molecule has 0 saturated carbocycles. The number of hydrogen-bond donors (Lipinski definition) is 0. The second kappa shape index (κ2) is 17.3. The Morgan fingerprint density at radius 3 is 1.81 bits per heavy atom. The van der Waals surface area contributed by atoms with Gasteiger partial charge in [-0.05, 0) is 43.9 Å². The summed E-state index contributed by atoms with van der Waals surface area (Å²) in [6, 6.07) is 7.70. The Morgan fingerprint density at radius 1 is 0.742 bits per heavy atom. The minimum Gasteiger partial charge on any atom is -0.462 e. The second-order valence-electron chi connectivity index (χ2n) is 7.65. The lowest BCUT2D eigenvalue weighted by atomic mass is 10.0. The van der Waals surface area contributed by atoms with E-state index in [9.17, 15) is 9.59 Å². The molecule has 0 spiro atoms. The van der Waals surface area contributed by atoms with Gasteiger partial charge in [0.05, 0.1) is 13.2 Å². The SMILES string of the molecule is CCCCCCCCCCC/C=C\c1ccccc1C=C(C(=O)OCC)C(=O)OCC. The molecule has 0 aliphatic carbocycles. The van der Waals surface area contributed by atoms with E-state index in [1.807, 2.05) is 24.3 Å². The van der Waals surface area contributed by atoms with Crippen LogP contribution in [-0.2, 0) is 19.1 Å². The fourth-order valence-corrected chi connectivity index (χ4v) is 3.35. The highest BCUT2D eigenvalue weighted by atomic mass is 16.6. The van der Waals surface area contributed by atoms with Gasteiger partial charge < -0.3 is 9.47 Å². The molecule has 1 aromatic rings. The zero-order valence-electron chi connectivity index (χ0n) is 19.7. The van der Waals surface area contributed by atoms with Gasteiger partial charge in [0.2, 0.25) is 0 Å². The van der Waals surface area contributed by atoms with Crippen molar-refractivity contribution in [3.8, 4) is 0 Å². The normalized spacial score (nSPS) is 10.8. The number of benzene rings is 1. The molecule has 0 atom stereocenters. The fraction of sp³-hybridized carbons (Fsp3) is 0.556. The maximum atomic E-state index is 12.2. The van der Waals surface area contributed by atoms with Crippen LogP contribution < -0.4 is 0 Å². The van der Waals surface area contributed by atoms with Crippen LogP contribution in [0.1, 0.15) is 96.1 Å². The van der Waals surface area contributed by atoms with E-state index in [-0.39, 0.29) is 18.8 Å². The van der Waals surface area contributed by atoms with Gasteiger partial charge in [-0.15, -0.1) is 0 Å². The van der Waals surface area contributed by atoms with Crippen molar-refractivity contribution in [3.05, 3.63) is 47.0 Å². The van der Waals surface area contributed by atoms with Crippen molar-refractivity contribution in [2.75, 3.05) is 13.2 Å². The van der Waals surface area contributed by atoms with E-state index in [4.69, 9.17) is 9.47 Å². The minimum absolute atomic E-state index is 0.0801. The Morgan fingerprint density at radius 2 is 1.26 bits per heavy atom. The monoisotopic (exact) mass is 428 g/mol. The highest BCUT2D eigenvalue weighted by Crippen LogP contribution is 2.18. The standard InChI is InChI=1S/C27H40O4/c1-4-7-8-9-10-11-12-13-14-15-16-19-23-20-17-18-21-24(23)22-25(26(28)30-5-2)27(29)31-6-3/h16-22H,4-15H2,1-3H3/b19-16-. The van der Waals surface area contributed by atoms with Gasteiger partial charge in [0.25, 0.3) is 0 Å². The molecule has 0 fully saturated rings. The van der Waals surface area contributed by atoms with E-state index in [1.165, 1.54) is 57.8 Å². The van der Waals surface area contributed by atoms with E-state index >= 15 is 0 Å². The Bertz CT molecular complexity index is 683. The van der Waals surface area contributed by atoms with Crippen LogP contribution in [0.15, 0.2) is 35.9 Å². The van der Waals surface area contributed by atoms with Crippen molar-refractivity contribution in [1.82, 2.24) is 0 Å². The van der Waals surface area contributed by atoms with Crippen molar-refractivity contribution >= 4 is 24.1 Å². The Labute approximate surface area is 188 Å². The zero-order chi connectivity index (χ0) is 22.7. The van der Waals surface area contributed by atoms with Crippen LogP contribution in [0.2, 0.25) is 0 Å². The number of carbonyl (C=O) groups is 2. The molecule has 0 aliphatic rings. The van der Waals surface area contributed by atoms with Crippen molar-refractivity contribution in [2.45, 2.75) is 85.0 Å². The van der Waals surface area contributed by atoms with Crippen LogP contribution in [-0.4, -0.2) is 25.2 Å². The average molecular weight is 429 g/mol. The molecule has 1 rings (SSSR count). The third kappa shape index (κ3) is 11.6. The lowest BCUT2D eigenvalue weighted by molar-refractivity contribution is -0.146. The smallest absolute Gasteiger partial charge is 0.345 e. The summed E-state index contributed by atoms with van der Waals surface area (Å²) in [5.41, 5.74) is 1.68. The van der Waals surface area contributed by atoms with Crippen molar-refractivity contribution in [1.29, 1.82) is 0 Å². The Kier molecular flexibility index (Phi) is 14.9. The Hall–Kier alpha value is -2.36. The molecule has 0 N–H and O–H groups in total. The number of ether oxygens (including phenoxy) is 2. The highest BCUT2D eigenvalue weighted by molar-refractivity contribution is 6.17. The molecule has 172 valence electrons. The zero-order valence-corrected chi connectivity index (χ0v) is 19.7. The molecule has 31 heavy (non-hydrogen) atoms. The average Bonchev–Trinajstić information content (AvgIpc) is 2.76. The summed E-state index contributed by atoms with van der Waals surface area (Å²) in [5.74, 6) is -1.32. The van der Waals surface area contributed by atoms with Crippen LogP contribution in [0.3, 0.4) is 0 Å². The maximum Gasteiger partial charge on any atom is 0.345 e.